The van der Waals surface area contributed by atoms with Gasteiger partial charge in [-0.1, -0.05) is 0 Å². The van der Waals surface area contributed by atoms with Gasteiger partial charge in [-0.3, -0.25) is 0 Å². The lowest BCUT2D eigenvalue weighted by atomic mass is 10.1. The first kappa shape index (κ1) is 9.99. The summed E-state index contributed by atoms with van der Waals surface area (Å²) in [6.07, 6.45) is 8.98. The fraction of sp³-hybridized carbons (Fsp3) is 0.818. The van der Waals surface area contributed by atoms with Crippen LogP contribution in [0.2, 0.25) is 0 Å². The molecular weight excluding hydrogens is 178 g/mol. The molecule has 0 aromatic rings. The Labute approximate surface area is 85.5 Å². The molecule has 1 unspecified atom stereocenters. The highest BCUT2D eigenvalue weighted by molar-refractivity contribution is 4.84. The fourth-order valence-electron chi connectivity index (χ4n) is 1.93. The maximum Gasteiger partial charge on any atom is 0.110 e. The van der Waals surface area contributed by atoms with Crippen LogP contribution in [0.25, 0.3) is 0 Å². The number of allylic oxidation sites excluding steroid dienone is 1. The minimum atomic E-state index is 0.363. The average molecular weight is 197 g/mol. The first-order valence-corrected chi connectivity index (χ1v) is 5.57. The molecule has 0 amide bonds. The smallest absolute Gasteiger partial charge is 0.110 e. The van der Waals surface area contributed by atoms with E-state index in [1.807, 2.05) is 6.26 Å². The first-order valence-electron chi connectivity index (χ1n) is 5.57. The van der Waals surface area contributed by atoms with Crippen LogP contribution in [0.4, 0.5) is 0 Å². The molecule has 0 bridgehead atoms. The molecule has 0 spiro atoms. The van der Waals surface area contributed by atoms with Gasteiger partial charge in [0.1, 0.15) is 6.10 Å². The maximum atomic E-state index is 5.49. The Morgan fingerprint density at radius 3 is 3.07 bits per heavy atom. The predicted octanol–water partition coefficient (Wildman–Crippen LogP) is 1.45. The van der Waals surface area contributed by atoms with Gasteiger partial charge in [-0.05, 0) is 31.8 Å². The van der Waals surface area contributed by atoms with Crippen LogP contribution in [0.3, 0.4) is 0 Å². The molecule has 80 valence electrons. The Balaban J connectivity index is 1.63. The summed E-state index contributed by atoms with van der Waals surface area (Å²) >= 11 is 0. The van der Waals surface area contributed by atoms with Crippen molar-refractivity contribution in [1.29, 1.82) is 0 Å². The molecule has 0 radical (unpaired) electrons. The van der Waals surface area contributed by atoms with E-state index in [4.69, 9.17) is 9.47 Å². The predicted molar refractivity (Wildman–Crippen MR) is 55.1 cm³/mol. The molecule has 1 saturated heterocycles. The highest BCUT2D eigenvalue weighted by Gasteiger charge is 2.16. The lowest BCUT2D eigenvalue weighted by Crippen LogP contribution is -2.41. The lowest BCUT2D eigenvalue weighted by molar-refractivity contribution is 0.0595. The fourth-order valence-corrected chi connectivity index (χ4v) is 1.93. The molecule has 2 aliphatic rings. The number of nitrogens with one attached hydrogen (secondary N) is 1. The van der Waals surface area contributed by atoms with E-state index in [1.54, 1.807) is 0 Å². The Bertz CT molecular complexity index is 188. The van der Waals surface area contributed by atoms with Gasteiger partial charge in [-0.2, -0.15) is 0 Å². The number of ether oxygens (including phenoxy) is 2. The van der Waals surface area contributed by atoms with Crippen molar-refractivity contribution in [2.75, 3.05) is 19.8 Å². The molecule has 2 rings (SSSR count). The summed E-state index contributed by atoms with van der Waals surface area (Å²) < 4.78 is 10.9. The zero-order valence-electron chi connectivity index (χ0n) is 8.58. The van der Waals surface area contributed by atoms with Gasteiger partial charge in [0.2, 0.25) is 0 Å². The van der Waals surface area contributed by atoms with Crippen LogP contribution in [-0.4, -0.2) is 31.9 Å². The minimum absolute atomic E-state index is 0.363. The standard InChI is InChI=1S/C11H19NO2/c1-2-7-14-11(5-1)8-12-10-4-3-6-13-9-10/h2,7,10-12H,1,3-6,8-9H2/t10-,11?/m0/s1. The van der Waals surface area contributed by atoms with Crippen molar-refractivity contribution < 1.29 is 9.47 Å². The normalized spacial score (nSPS) is 32.6. The summed E-state index contributed by atoms with van der Waals surface area (Å²) in [6, 6.07) is 0.540. The summed E-state index contributed by atoms with van der Waals surface area (Å²) in [6.45, 7) is 2.75. The zero-order chi connectivity index (χ0) is 9.64. The Morgan fingerprint density at radius 1 is 1.36 bits per heavy atom. The van der Waals surface area contributed by atoms with Crippen LogP contribution < -0.4 is 5.32 Å². The zero-order valence-corrected chi connectivity index (χ0v) is 8.58. The summed E-state index contributed by atoms with van der Waals surface area (Å²) in [5.41, 5.74) is 0. The molecule has 2 atom stereocenters. The van der Waals surface area contributed by atoms with Crippen molar-refractivity contribution in [1.82, 2.24) is 5.32 Å². The summed E-state index contributed by atoms with van der Waals surface area (Å²) in [5.74, 6) is 0. The van der Waals surface area contributed by atoms with Crippen molar-refractivity contribution in [3.8, 4) is 0 Å². The molecule has 3 nitrogen and oxygen atoms in total. The van der Waals surface area contributed by atoms with Crippen LogP contribution in [0.5, 0.6) is 0 Å². The highest BCUT2D eigenvalue weighted by Crippen LogP contribution is 2.11. The third kappa shape index (κ3) is 3.00. The van der Waals surface area contributed by atoms with Gasteiger partial charge in [0.15, 0.2) is 0 Å². The Kier molecular flexibility index (Phi) is 3.83. The van der Waals surface area contributed by atoms with E-state index in [2.05, 4.69) is 11.4 Å². The Morgan fingerprint density at radius 2 is 2.36 bits per heavy atom. The molecule has 0 aromatic heterocycles. The van der Waals surface area contributed by atoms with Crippen LogP contribution in [0.1, 0.15) is 25.7 Å². The monoisotopic (exact) mass is 197 g/mol. The average Bonchev–Trinajstić information content (AvgIpc) is 2.29. The second kappa shape index (κ2) is 5.37. The molecular formula is C11H19NO2. The van der Waals surface area contributed by atoms with E-state index >= 15 is 0 Å². The van der Waals surface area contributed by atoms with Crippen LogP contribution in [-0.2, 0) is 9.47 Å². The molecule has 3 heteroatoms. The third-order valence-electron chi connectivity index (χ3n) is 2.82. The highest BCUT2D eigenvalue weighted by atomic mass is 16.5. The van der Waals surface area contributed by atoms with Crippen molar-refractivity contribution in [2.45, 2.75) is 37.8 Å². The Hall–Kier alpha value is -0.540. The van der Waals surface area contributed by atoms with Crippen molar-refractivity contribution in [3.63, 3.8) is 0 Å². The molecule has 2 heterocycles. The quantitative estimate of drug-likeness (QED) is 0.742. The lowest BCUT2D eigenvalue weighted by Gasteiger charge is -2.26. The van der Waals surface area contributed by atoms with E-state index in [9.17, 15) is 0 Å². The molecule has 0 saturated carbocycles. The number of hydrogen-bond acceptors (Lipinski definition) is 3. The second-order valence-electron chi connectivity index (χ2n) is 4.03. The largest absolute Gasteiger partial charge is 0.497 e. The van der Waals surface area contributed by atoms with Crippen LogP contribution >= 0.6 is 0 Å². The van der Waals surface area contributed by atoms with Crippen molar-refractivity contribution in [2.24, 2.45) is 0 Å². The number of rotatable bonds is 3. The molecule has 2 aliphatic heterocycles. The topological polar surface area (TPSA) is 30.5 Å². The first-order chi connectivity index (χ1) is 6.95. The third-order valence-corrected chi connectivity index (χ3v) is 2.82. The minimum Gasteiger partial charge on any atom is -0.497 e. The SMILES string of the molecule is C1=COC(CN[C@H]2CCCOC2)CC1. The van der Waals surface area contributed by atoms with E-state index < -0.39 is 0 Å². The molecule has 0 aromatic carbocycles. The number of hydrogen-bond donors (Lipinski definition) is 1. The van der Waals surface area contributed by atoms with Gasteiger partial charge in [-0.25, -0.2) is 0 Å². The van der Waals surface area contributed by atoms with Gasteiger partial charge in [0.05, 0.1) is 12.9 Å². The summed E-state index contributed by atoms with van der Waals surface area (Å²) in [7, 11) is 0. The van der Waals surface area contributed by atoms with E-state index in [0.717, 1.165) is 32.6 Å². The molecule has 1 N–H and O–H groups in total. The van der Waals surface area contributed by atoms with Gasteiger partial charge < -0.3 is 14.8 Å². The molecule has 14 heavy (non-hydrogen) atoms. The summed E-state index contributed by atoms with van der Waals surface area (Å²) in [4.78, 5) is 0. The second-order valence-corrected chi connectivity index (χ2v) is 4.03. The molecule has 1 fully saturated rings. The van der Waals surface area contributed by atoms with Crippen molar-refractivity contribution in [3.05, 3.63) is 12.3 Å². The van der Waals surface area contributed by atoms with Crippen molar-refractivity contribution >= 4 is 0 Å². The van der Waals surface area contributed by atoms with E-state index in [1.165, 1.54) is 12.8 Å². The van der Waals surface area contributed by atoms with Gasteiger partial charge >= 0.3 is 0 Å². The van der Waals surface area contributed by atoms with E-state index in [-0.39, 0.29) is 0 Å². The molecule has 0 aliphatic carbocycles. The van der Waals surface area contributed by atoms with Gasteiger partial charge in [-0.15, -0.1) is 0 Å². The van der Waals surface area contributed by atoms with Gasteiger partial charge in [0.25, 0.3) is 0 Å². The maximum absolute atomic E-state index is 5.49. The van der Waals surface area contributed by atoms with Crippen LogP contribution in [0.15, 0.2) is 12.3 Å². The van der Waals surface area contributed by atoms with Gasteiger partial charge in [0, 0.05) is 19.2 Å². The van der Waals surface area contributed by atoms with Crippen LogP contribution in [0, 0.1) is 0 Å². The summed E-state index contributed by atoms with van der Waals surface area (Å²) in [5, 5.41) is 3.51. The van der Waals surface area contributed by atoms with E-state index in [0.29, 0.717) is 12.1 Å².